The third kappa shape index (κ3) is 3.84. The van der Waals surface area contributed by atoms with Crippen LogP contribution in [-0.2, 0) is 4.79 Å². The minimum atomic E-state index is -5.33. The van der Waals surface area contributed by atoms with Crippen LogP contribution in [0.2, 0.25) is 0 Å². The highest BCUT2D eigenvalue weighted by Crippen LogP contribution is 2.40. The van der Waals surface area contributed by atoms with Crippen molar-refractivity contribution in [2.24, 2.45) is 0 Å². The standard InChI is InChI=1S/C17H15F4NO/c1-4-11-16(18,17(19,20)21)15(23)22(12-5-2)14-9-7-13(6-3)8-10-14/h2-3,7-10H,4,11-12H2,1H3. The average molecular weight is 325 g/mol. The predicted octanol–water partition coefficient (Wildman–Crippen LogP) is 3.70. The maximum absolute atomic E-state index is 14.5. The Labute approximate surface area is 132 Å². The number of nitrogens with zero attached hydrogens (tertiary/aromatic N) is 1. The number of rotatable bonds is 5. The lowest BCUT2D eigenvalue weighted by atomic mass is 9.97. The molecule has 1 aromatic carbocycles. The van der Waals surface area contributed by atoms with Gasteiger partial charge in [0.15, 0.2) is 0 Å². The molecule has 0 N–H and O–H groups in total. The number of benzene rings is 1. The predicted molar refractivity (Wildman–Crippen MR) is 80.4 cm³/mol. The summed E-state index contributed by atoms with van der Waals surface area (Å²) in [6.45, 7) is 0.875. The molecule has 0 aliphatic rings. The molecule has 0 fully saturated rings. The third-order valence-electron chi connectivity index (χ3n) is 3.22. The van der Waals surface area contributed by atoms with Gasteiger partial charge < -0.3 is 0 Å². The average Bonchev–Trinajstić information content (AvgIpc) is 2.51. The first-order chi connectivity index (χ1) is 10.7. The Morgan fingerprint density at radius 2 is 1.74 bits per heavy atom. The zero-order valence-electron chi connectivity index (χ0n) is 12.5. The summed E-state index contributed by atoms with van der Waals surface area (Å²) < 4.78 is 53.7. The highest BCUT2D eigenvalue weighted by atomic mass is 19.4. The summed E-state index contributed by atoms with van der Waals surface area (Å²) in [6.07, 6.45) is 3.84. The molecule has 0 heterocycles. The number of carbonyl (C=O) groups is 1. The molecule has 0 bridgehead atoms. The largest absolute Gasteiger partial charge is 0.431 e. The van der Waals surface area contributed by atoms with Gasteiger partial charge in [0.1, 0.15) is 0 Å². The van der Waals surface area contributed by atoms with Crippen molar-refractivity contribution in [1.82, 2.24) is 0 Å². The van der Waals surface area contributed by atoms with Crippen LogP contribution in [0.25, 0.3) is 0 Å². The zero-order valence-corrected chi connectivity index (χ0v) is 12.5. The van der Waals surface area contributed by atoms with Crippen LogP contribution in [-0.4, -0.2) is 24.3 Å². The van der Waals surface area contributed by atoms with Crippen molar-refractivity contribution in [3.05, 3.63) is 29.8 Å². The van der Waals surface area contributed by atoms with Crippen molar-refractivity contribution in [1.29, 1.82) is 0 Å². The Kier molecular flexibility index (Phi) is 5.81. The monoisotopic (exact) mass is 325 g/mol. The van der Waals surface area contributed by atoms with E-state index in [2.05, 4.69) is 11.8 Å². The van der Waals surface area contributed by atoms with E-state index in [4.69, 9.17) is 12.8 Å². The molecular weight excluding hydrogens is 310 g/mol. The van der Waals surface area contributed by atoms with Crippen LogP contribution in [0.4, 0.5) is 23.2 Å². The van der Waals surface area contributed by atoms with E-state index in [9.17, 15) is 22.4 Å². The molecule has 1 amide bonds. The SMILES string of the molecule is C#CCN(C(=O)C(F)(CCC)C(F)(F)F)c1ccc(C#C)cc1. The Morgan fingerprint density at radius 3 is 2.13 bits per heavy atom. The molecule has 0 aromatic heterocycles. The quantitative estimate of drug-likeness (QED) is 0.597. The van der Waals surface area contributed by atoms with E-state index >= 15 is 0 Å². The molecule has 0 saturated carbocycles. The van der Waals surface area contributed by atoms with E-state index in [1.807, 2.05) is 0 Å². The zero-order chi connectivity index (χ0) is 17.7. The number of hydrogen-bond donors (Lipinski definition) is 0. The minimum absolute atomic E-state index is 0.0503. The Balaban J connectivity index is 3.29. The summed E-state index contributed by atoms with van der Waals surface area (Å²) >= 11 is 0. The molecule has 0 spiro atoms. The second kappa shape index (κ2) is 7.19. The van der Waals surface area contributed by atoms with Gasteiger partial charge in [-0.15, -0.1) is 12.8 Å². The lowest BCUT2D eigenvalue weighted by molar-refractivity contribution is -0.227. The molecule has 2 nitrogen and oxygen atoms in total. The first-order valence-electron chi connectivity index (χ1n) is 6.79. The van der Waals surface area contributed by atoms with E-state index in [1.54, 1.807) is 0 Å². The number of alkyl halides is 4. The number of halogens is 4. The van der Waals surface area contributed by atoms with Crippen molar-refractivity contribution >= 4 is 11.6 Å². The van der Waals surface area contributed by atoms with Crippen molar-refractivity contribution in [3.8, 4) is 24.7 Å². The minimum Gasteiger partial charge on any atom is -0.298 e. The first kappa shape index (κ1) is 18.6. The van der Waals surface area contributed by atoms with Crippen molar-refractivity contribution in [2.45, 2.75) is 31.6 Å². The molecule has 0 aliphatic heterocycles. The number of amides is 1. The molecule has 1 unspecified atom stereocenters. The van der Waals surface area contributed by atoms with Gasteiger partial charge in [-0.2, -0.15) is 13.2 Å². The fourth-order valence-electron chi connectivity index (χ4n) is 2.04. The Morgan fingerprint density at radius 1 is 1.17 bits per heavy atom. The fourth-order valence-corrected chi connectivity index (χ4v) is 2.04. The topological polar surface area (TPSA) is 20.3 Å². The molecule has 1 aromatic rings. The summed E-state index contributed by atoms with van der Waals surface area (Å²) in [5, 5.41) is 0. The number of carbonyl (C=O) groups excluding carboxylic acids is 1. The van der Waals surface area contributed by atoms with Gasteiger partial charge in [0.25, 0.3) is 11.6 Å². The summed E-state index contributed by atoms with van der Waals surface area (Å²) in [6, 6.07) is 5.51. The van der Waals surface area contributed by atoms with Gasteiger partial charge in [-0.3, -0.25) is 9.69 Å². The second-order valence-electron chi connectivity index (χ2n) is 4.84. The van der Waals surface area contributed by atoms with Crippen LogP contribution >= 0.6 is 0 Å². The molecule has 0 aliphatic carbocycles. The lowest BCUT2D eigenvalue weighted by Crippen LogP contribution is -2.55. The Bertz CT molecular complexity index is 637. The van der Waals surface area contributed by atoms with Crippen LogP contribution in [0.15, 0.2) is 24.3 Å². The summed E-state index contributed by atoms with van der Waals surface area (Å²) in [5.74, 6) is 2.68. The van der Waals surface area contributed by atoms with Crippen LogP contribution in [0.1, 0.15) is 25.3 Å². The van der Waals surface area contributed by atoms with Gasteiger partial charge in [-0.05, 0) is 30.7 Å². The normalized spacial score (nSPS) is 13.5. The molecule has 6 heteroatoms. The maximum atomic E-state index is 14.5. The van der Waals surface area contributed by atoms with Gasteiger partial charge >= 0.3 is 6.18 Å². The molecule has 1 atom stereocenters. The van der Waals surface area contributed by atoms with Gasteiger partial charge in [-0.25, -0.2) is 4.39 Å². The summed E-state index contributed by atoms with van der Waals surface area (Å²) in [7, 11) is 0. The first-order valence-corrected chi connectivity index (χ1v) is 6.79. The molecule has 0 radical (unpaired) electrons. The maximum Gasteiger partial charge on any atom is 0.431 e. The number of terminal acetylenes is 2. The van der Waals surface area contributed by atoms with Crippen molar-refractivity contribution in [3.63, 3.8) is 0 Å². The highest BCUT2D eigenvalue weighted by Gasteiger charge is 2.62. The Hall–Kier alpha value is -2.47. The smallest absolute Gasteiger partial charge is 0.298 e. The van der Waals surface area contributed by atoms with E-state index in [0.29, 0.717) is 10.5 Å². The van der Waals surface area contributed by atoms with E-state index in [-0.39, 0.29) is 12.1 Å². The van der Waals surface area contributed by atoms with Gasteiger partial charge in [0.2, 0.25) is 0 Å². The molecule has 1 rings (SSSR count). The van der Waals surface area contributed by atoms with Gasteiger partial charge in [0.05, 0.1) is 6.54 Å². The van der Waals surface area contributed by atoms with Gasteiger partial charge in [0, 0.05) is 11.3 Å². The van der Waals surface area contributed by atoms with Crippen LogP contribution < -0.4 is 4.90 Å². The van der Waals surface area contributed by atoms with Crippen molar-refractivity contribution in [2.75, 3.05) is 11.4 Å². The third-order valence-corrected chi connectivity index (χ3v) is 3.22. The lowest BCUT2D eigenvalue weighted by Gasteiger charge is -2.32. The van der Waals surface area contributed by atoms with E-state index in [1.165, 1.54) is 31.2 Å². The van der Waals surface area contributed by atoms with Crippen LogP contribution in [0, 0.1) is 24.7 Å². The molecule has 23 heavy (non-hydrogen) atoms. The fraction of sp³-hybridized carbons (Fsp3) is 0.353. The number of hydrogen-bond acceptors (Lipinski definition) is 1. The summed E-state index contributed by atoms with van der Waals surface area (Å²) in [4.78, 5) is 12.8. The molecular formula is C17H15F4NO. The van der Waals surface area contributed by atoms with Crippen molar-refractivity contribution < 1.29 is 22.4 Å². The van der Waals surface area contributed by atoms with E-state index in [0.717, 1.165) is 0 Å². The van der Waals surface area contributed by atoms with E-state index < -0.39 is 30.7 Å². The molecule has 0 saturated heterocycles. The molecule has 122 valence electrons. The number of anilines is 1. The second-order valence-corrected chi connectivity index (χ2v) is 4.84. The van der Waals surface area contributed by atoms with Gasteiger partial charge in [-0.1, -0.05) is 25.2 Å². The van der Waals surface area contributed by atoms with Crippen LogP contribution in [0.5, 0.6) is 0 Å². The van der Waals surface area contributed by atoms with Crippen LogP contribution in [0.3, 0.4) is 0 Å². The highest BCUT2D eigenvalue weighted by molar-refractivity contribution is 6.00. The summed E-state index contributed by atoms with van der Waals surface area (Å²) in [5.41, 5.74) is -3.46.